The molecular formula is C24H38N6. The van der Waals surface area contributed by atoms with Crippen LogP contribution in [0.15, 0.2) is 47.7 Å². The number of rotatable bonds is 10. The molecule has 6 nitrogen and oxygen atoms in total. The number of nitrogens with zero attached hydrogens (tertiary/aromatic N) is 4. The van der Waals surface area contributed by atoms with Crippen molar-refractivity contribution < 1.29 is 0 Å². The SMILES string of the molecule is CCNC(=NCc1ccccc1Cn1cccn1)NCCCCN1CCCC(C)C1. The van der Waals surface area contributed by atoms with Gasteiger partial charge >= 0.3 is 0 Å². The lowest BCUT2D eigenvalue weighted by molar-refractivity contribution is 0.181. The third-order valence-electron chi connectivity index (χ3n) is 5.70. The number of likely N-dealkylation sites (tertiary alicyclic amines) is 1. The normalized spacial score (nSPS) is 17.8. The number of aromatic nitrogens is 2. The molecular weight excluding hydrogens is 372 g/mol. The van der Waals surface area contributed by atoms with Gasteiger partial charge in [-0.05, 0) is 68.8 Å². The first kappa shape index (κ1) is 22.3. The zero-order valence-corrected chi connectivity index (χ0v) is 18.7. The highest BCUT2D eigenvalue weighted by Crippen LogP contribution is 2.15. The van der Waals surface area contributed by atoms with Gasteiger partial charge in [0.2, 0.25) is 0 Å². The molecule has 2 aromatic rings. The lowest BCUT2D eigenvalue weighted by Crippen LogP contribution is -2.38. The number of aliphatic imine (C=N–C) groups is 1. The Hall–Kier alpha value is -2.34. The van der Waals surface area contributed by atoms with E-state index in [2.05, 4.69) is 58.7 Å². The van der Waals surface area contributed by atoms with Crippen LogP contribution in [-0.2, 0) is 13.1 Å². The van der Waals surface area contributed by atoms with Gasteiger partial charge in [-0.15, -0.1) is 0 Å². The molecule has 1 atom stereocenters. The molecule has 0 spiro atoms. The predicted octanol–water partition coefficient (Wildman–Crippen LogP) is 3.50. The van der Waals surface area contributed by atoms with E-state index >= 15 is 0 Å². The van der Waals surface area contributed by atoms with Gasteiger partial charge in [-0.2, -0.15) is 5.10 Å². The van der Waals surface area contributed by atoms with Crippen molar-refractivity contribution in [2.75, 3.05) is 32.7 Å². The quantitative estimate of drug-likeness (QED) is 0.358. The maximum atomic E-state index is 4.83. The summed E-state index contributed by atoms with van der Waals surface area (Å²) in [7, 11) is 0. The van der Waals surface area contributed by atoms with Crippen LogP contribution in [0, 0.1) is 5.92 Å². The third-order valence-corrected chi connectivity index (χ3v) is 5.70. The van der Waals surface area contributed by atoms with Gasteiger partial charge in [-0.25, -0.2) is 4.99 Å². The van der Waals surface area contributed by atoms with Gasteiger partial charge in [-0.3, -0.25) is 4.68 Å². The van der Waals surface area contributed by atoms with E-state index in [1.54, 1.807) is 0 Å². The first-order valence-corrected chi connectivity index (χ1v) is 11.5. The van der Waals surface area contributed by atoms with Gasteiger partial charge in [0.05, 0.1) is 13.1 Å². The number of piperidine rings is 1. The van der Waals surface area contributed by atoms with E-state index in [4.69, 9.17) is 4.99 Å². The molecule has 0 aliphatic carbocycles. The van der Waals surface area contributed by atoms with Crippen molar-refractivity contribution in [1.29, 1.82) is 0 Å². The molecule has 0 saturated carbocycles. The molecule has 2 heterocycles. The van der Waals surface area contributed by atoms with Crippen molar-refractivity contribution in [1.82, 2.24) is 25.3 Å². The molecule has 6 heteroatoms. The average molecular weight is 411 g/mol. The van der Waals surface area contributed by atoms with E-state index in [1.165, 1.54) is 56.4 Å². The van der Waals surface area contributed by atoms with Crippen molar-refractivity contribution in [3.8, 4) is 0 Å². The van der Waals surface area contributed by atoms with Crippen molar-refractivity contribution in [3.05, 3.63) is 53.9 Å². The molecule has 0 radical (unpaired) electrons. The van der Waals surface area contributed by atoms with Crippen molar-refractivity contribution in [3.63, 3.8) is 0 Å². The van der Waals surface area contributed by atoms with Crippen LogP contribution in [0.3, 0.4) is 0 Å². The molecule has 0 bridgehead atoms. The second kappa shape index (κ2) is 12.4. The maximum Gasteiger partial charge on any atom is 0.191 e. The monoisotopic (exact) mass is 410 g/mol. The summed E-state index contributed by atoms with van der Waals surface area (Å²) in [4.78, 5) is 7.45. The molecule has 1 aliphatic heterocycles. The summed E-state index contributed by atoms with van der Waals surface area (Å²) < 4.78 is 1.95. The summed E-state index contributed by atoms with van der Waals surface area (Å²) >= 11 is 0. The lowest BCUT2D eigenvalue weighted by atomic mass is 10.0. The summed E-state index contributed by atoms with van der Waals surface area (Å²) in [5.41, 5.74) is 2.50. The Kier molecular flexibility index (Phi) is 9.22. The Labute approximate surface area is 181 Å². The highest BCUT2D eigenvalue weighted by Gasteiger charge is 2.15. The third kappa shape index (κ3) is 7.48. The summed E-state index contributed by atoms with van der Waals surface area (Å²) in [5.74, 6) is 1.76. The van der Waals surface area contributed by atoms with Gasteiger partial charge in [0.25, 0.3) is 0 Å². The first-order valence-electron chi connectivity index (χ1n) is 11.5. The zero-order valence-electron chi connectivity index (χ0n) is 18.7. The van der Waals surface area contributed by atoms with Crippen LogP contribution in [0.4, 0.5) is 0 Å². The highest BCUT2D eigenvalue weighted by molar-refractivity contribution is 5.79. The molecule has 1 aromatic carbocycles. The fourth-order valence-corrected chi connectivity index (χ4v) is 4.10. The average Bonchev–Trinajstić information content (AvgIpc) is 3.26. The van der Waals surface area contributed by atoms with E-state index in [0.29, 0.717) is 6.54 Å². The fraction of sp³-hybridized carbons (Fsp3) is 0.583. The number of hydrogen-bond acceptors (Lipinski definition) is 3. The molecule has 30 heavy (non-hydrogen) atoms. The molecule has 1 fully saturated rings. The smallest absolute Gasteiger partial charge is 0.191 e. The predicted molar refractivity (Wildman–Crippen MR) is 125 cm³/mol. The van der Waals surface area contributed by atoms with Crippen LogP contribution in [-0.4, -0.2) is 53.4 Å². The fourth-order valence-electron chi connectivity index (χ4n) is 4.10. The minimum absolute atomic E-state index is 0.665. The van der Waals surface area contributed by atoms with E-state index in [0.717, 1.165) is 31.5 Å². The summed E-state index contributed by atoms with van der Waals surface area (Å²) in [5, 5.41) is 11.2. The number of unbranched alkanes of at least 4 members (excludes halogenated alkanes) is 1. The second-order valence-corrected chi connectivity index (χ2v) is 8.35. The van der Waals surface area contributed by atoms with Crippen LogP contribution in [0.2, 0.25) is 0 Å². The maximum absolute atomic E-state index is 4.83. The van der Waals surface area contributed by atoms with Crippen molar-refractivity contribution >= 4 is 5.96 Å². The largest absolute Gasteiger partial charge is 0.357 e. The number of hydrogen-bond donors (Lipinski definition) is 2. The Bertz CT molecular complexity index is 755. The van der Waals surface area contributed by atoms with Crippen molar-refractivity contribution in [2.45, 2.75) is 52.6 Å². The van der Waals surface area contributed by atoms with Crippen LogP contribution in [0.25, 0.3) is 0 Å². The minimum Gasteiger partial charge on any atom is -0.357 e. The van der Waals surface area contributed by atoms with Gasteiger partial charge in [0.15, 0.2) is 5.96 Å². The standard InChI is InChI=1S/C24H38N6/c1-3-25-24(26-13-6-7-15-29-16-8-10-21(2)19-29)27-18-22-11-4-5-12-23(22)20-30-17-9-14-28-30/h4-5,9,11-12,14,17,21H,3,6-8,10,13,15-16,18-20H2,1-2H3,(H2,25,26,27). The minimum atomic E-state index is 0.665. The van der Waals surface area contributed by atoms with E-state index in [9.17, 15) is 0 Å². The molecule has 1 unspecified atom stereocenters. The summed E-state index contributed by atoms with van der Waals surface area (Å²) in [6.07, 6.45) is 8.98. The molecule has 1 aromatic heterocycles. The van der Waals surface area contributed by atoms with E-state index in [1.807, 2.05) is 23.1 Å². The summed E-state index contributed by atoms with van der Waals surface area (Å²) in [6, 6.07) is 10.4. The summed E-state index contributed by atoms with van der Waals surface area (Å²) in [6.45, 7) is 11.5. The highest BCUT2D eigenvalue weighted by atomic mass is 15.3. The number of benzene rings is 1. The van der Waals surface area contributed by atoms with Gasteiger partial charge < -0.3 is 15.5 Å². The molecule has 2 N–H and O–H groups in total. The van der Waals surface area contributed by atoms with Crippen molar-refractivity contribution in [2.24, 2.45) is 10.9 Å². The van der Waals surface area contributed by atoms with Crippen LogP contribution < -0.4 is 10.6 Å². The molecule has 3 rings (SSSR count). The van der Waals surface area contributed by atoms with Crippen LogP contribution in [0.1, 0.15) is 50.7 Å². The van der Waals surface area contributed by atoms with Crippen LogP contribution in [0.5, 0.6) is 0 Å². The lowest BCUT2D eigenvalue weighted by Gasteiger charge is -2.30. The topological polar surface area (TPSA) is 57.5 Å². The molecule has 1 saturated heterocycles. The Morgan fingerprint density at radius 1 is 1.17 bits per heavy atom. The van der Waals surface area contributed by atoms with Crippen LogP contribution >= 0.6 is 0 Å². The van der Waals surface area contributed by atoms with E-state index in [-0.39, 0.29) is 0 Å². The zero-order chi connectivity index (χ0) is 21.0. The van der Waals surface area contributed by atoms with Gasteiger partial charge in [-0.1, -0.05) is 31.2 Å². The Morgan fingerprint density at radius 2 is 2.03 bits per heavy atom. The second-order valence-electron chi connectivity index (χ2n) is 8.35. The number of guanidine groups is 1. The molecule has 1 aliphatic rings. The number of nitrogens with one attached hydrogen (secondary N) is 2. The van der Waals surface area contributed by atoms with E-state index < -0.39 is 0 Å². The van der Waals surface area contributed by atoms with Gasteiger partial charge in [0, 0.05) is 32.0 Å². The molecule has 164 valence electrons. The molecule has 0 amide bonds. The Balaban J connectivity index is 1.45. The van der Waals surface area contributed by atoms with Gasteiger partial charge in [0.1, 0.15) is 0 Å². The first-order chi connectivity index (χ1) is 14.7. The Morgan fingerprint density at radius 3 is 2.80 bits per heavy atom.